The smallest absolute Gasteiger partial charge is 0.232 e. The van der Waals surface area contributed by atoms with Gasteiger partial charge in [0.15, 0.2) is 0 Å². The number of aromatic nitrogens is 2. The lowest BCUT2D eigenvalue weighted by molar-refractivity contribution is 0.216. The van der Waals surface area contributed by atoms with Crippen molar-refractivity contribution in [3.05, 3.63) is 47.2 Å². The van der Waals surface area contributed by atoms with Gasteiger partial charge in [0.1, 0.15) is 16.9 Å². The molecule has 5 nitrogen and oxygen atoms in total. The molecule has 0 N–H and O–H groups in total. The van der Waals surface area contributed by atoms with E-state index in [1.54, 1.807) is 36.7 Å². The van der Waals surface area contributed by atoms with Crippen LogP contribution in [0.5, 0.6) is 5.88 Å². The zero-order chi connectivity index (χ0) is 16.1. The zero-order valence-corrected chi connectivity index (χ0v) is 13.4. The highest BCUT2D eigenvalue weighted by Crippen LogP contribution is 2.26. The molecule has 0 spiro atoms. The molecule has 23 heavy (non-hydrogen) atoms. The molecule has 0 radical (unpaired) electrons. The molecule has 2 aromatic rings. The van der Waals surface area contributed by atoms with Crippen molar-refractivity contribution in [3.8, 4) is 11.9 Å². The van der Waals surface area contributed by atoms with Crippen molar-refractivity contribution in [2.45, 2.75) is 12.8 Å². The molecule has 1 fully saturated rings. The molecule has 1 aliphatic rings. The van der Waals surface area contributed by atoms with Gasteiger partial charge < -0.3 is 9.64 Å². The first-order valence-electron chi connectivity index (χ1n) is 7.61. The van der Waals surface area contributed by atoms with E-state index >= 15 is 0 Å². The average Bonchev–Trinajstić information content (AvgIpc) is 2.61. The molecular weight excluding hydrogens is 312 g/mol. The maximum absolute atomic E-state index is 9.18. The quantitative estimate of drug-likeness (QED) is 0.861. The Bertz CT molecular complexity index is 708. The first-order chi connectivity index (χ1) is 11.3. The van der Waals surface area contributed by atoms with Gasteiger partial charge in [0.2, 0.25) is 5.88 Å². The summed E-state index contributed by atoms with van der Waals surface area (Å²) in [4.78, 5) is 10.7. The molecule has 0 aromatic carbocycles. The van der Waals surface area contributed by atoms with Gasteiger partial charge in [-0.1, -0.05) is 11.6 Å². The highest BCUT2D eigenvalue weighted by Gasteiger charge is 2.22. The fraction of sp³-hybridized carbons (Fsp3) is 0.353. The van der Waals surface area contributed by atoms with Crippen LogP contribution >= 0.6 is 11.6 Å². The van der Waals surface area contributed by atoms with Crippen molar-refractivity contribution in [2.24, 2.45) is 5.92 Å². The van der Waals surface area contributed by atoms with Crippen molar-refractivity contribution in [3.63, 3.8) is 0 Å². The molecule has 118 valence electrons. The highest BCUT2D eigenvalue weighted by molar-refractivity contribution is 6.31. The van der Waals surface area contributed by atoms with Crippen LogP contribution in [0.15, 0.2) is 36.7 Å². The molecule has 2 aromatic heterocycles. The first kappa shape index (κ1) is 15.6. The van der Waals surface area contributed by atoms with Crippen molar-refractivity contribution in [2.75, 3.05) is 24.6 Å². The van der Waals surface area contributed by atoms with Gasteiger partial charge in [-0.25, -0.2) is 9.97 Å². The average molecular weight is 329 g/mol. The van der Waals surface area contributed by atoms with Crippen LogP contribution in [0.1, 0.15) is 18.4 Å². The predicted octanol–water partition coefficient (Wildman–Crippen LogP) is 3.30. The van der Waals surface area contributed by atoms with E-state index in [4.69, 9.17) is 16.3 Å². The lowest BCUT2D eigenvalue weighted by atomic mass is 9.97. The summed E-state index contributed by atoms with van der Waals surface area (Å²) in [6, 6.07) is 9.36. The van der Waals surface area contributed by atoms with Gasteiger partial charge in [-0.3, -0.25) is 0 Å². The van der Waals surface area contributed by atoms with Crippen molar-refractivity contribution in [1.29, 1.82) is 5.26 Å². The van der Waals surface area contributed by atoms with Gasteiger partial charge in [-0.05, 0) is 43.0 Å². The SMILES string of the molecule is N#Cc1cccnc1N1CCC(COc2ncccc2Cl)CC1. The van der Waals surface area contributed by atoms with Crippen LogP contribution in [0, 0.1) is 17.2 Å². The Hall–Kier alpha value is -2.32. The van der Waals surface area contributed by atoms with Gasteiger partial charge in [0, 0.05) is 25.5 Å². The van der Waals surface area contributed by atoms with E-state index in [-0.39, 0.29) is 0 Å². The molecule has 1 aliphatic heterocycles. The van der Waals surface area contributed by atoms with Gasteiger partial charge in [0.25, 0.3) is 0 Å². The minimum Gasteiger partial charge on any atom is -0.476 e. The molecular formula is C17H17ClN4O. The van der Waals surface area contributed by atoms with Crippen LogP contribution in [0.25, 0.3) is 0 Å². The number of anilines is 1. The maximum Gasteiger partial charge on any atom is 0.232 e. The summed E-state index contributed by atoms with van der Waals surface area (Å²) < 4.78 is 5.73. The molecule has 0 amide bonds. The minimum atomic E-state index is 0.457. The molecule has 0 aliphatic carbocycles. The van der Waals surface area contributed by atoms with Gasteiger partial charge >= 0.3 is 0 Å². The zero-order valence-electron chi connectivity index (χ0n) is 12.7. The lowest BCUT2D eigenvalue weighted by Gasteiger charge is -2.33. The molecule has 0 unspecified atom stereocenters. The summed E-state index contributed by atoms with van der Waals surface area (Å²) >= 11 is 6.04. The van der Waals surface area contributed by atoms with E-state index in [2.05, 4.69) is 20.9 Å². The number of halogens is 1. The summed E-state index contributed by atoms with van der Waals surface area (Å²) in [5, 5.41) is 9.72. The molecule has 0 atom stereocenters. The third-order valence-corrected chi connectivity index (χ3v) is 4.29. The molecule has 3 rings (SSSR count). The topological polar surface area (TPSA) is 62.0 Å². The van der Waals surface area contributed by atoms with Gasteiger partial charge in [0.05, 0.1) is 12.2 Å². The molecule has 0 saturated carbocycles. The van der Waals surface area contributed by atoms with Crippen LogP contribution < -0.4 is 9.64 Å². The van der Waals surface area contributed by atoms with Gasteiger partial charge in [-0.2, -0.15) is 5.26 Å². The van der Waals surface area contributed by atoms with Crippen LogP contribution in [-0.4, -0.2) is 29.7 Å². The number of pyridine rings is 2. The number of piperidine rings is 1. The fourth-order valence-electron chi connectivity index (χ4n) is 2.72. The maximum atomic E-state index is 9.18. The summed E-state index contributed by atoms with van der Waals surface area (Å²) in [6.45, 7) is 2.35. The lowest BCUT2D eigenvalue weighted by Crippen LogP contribution is -2.36. The highest BCUT2D eigenvalue weighted by atomic mass is 35.5. The minimum absolute atomic E-state index is 0.457. The second-order valence-electron chi connectivity index (χ2n) is 5.52. The number of ether oxygens (including phenoxy) is 1. The van der Waals surface area contributed by atoms with E-state index in [9.17, 15) is 5.26 Å². The van der Waals surface area contributed by atoms with Crippen molar-refractivity contribution >= 4 is 17.4 Å². The summed E-state index contributed by atoms with van der Waals surface area (Å²) in [5.41, 5.74) is 0.627. The Morgan fingerprint density at radius 1 is 1.22 bits per heavy atom. The van der Waals surface area contributed by atoms with Crippen LogP contribution in [0.3, 0.4) is 0 Å². The van der Waals surface area contributed by atoms with E-state index in [1.165, 1.54) is 0 Å². The second-order valence-corrected chi connectivity index (χ2v) is 5.93. The fourth-order valence-corrected chi connectivity index (χ4v) is 2.90. The number of nitrogens with zero attached hydrogens (tertiary/aromatic N) is 4. The molecule has 3 heterocycles. The summed E-state index contributed by atoms with van der Waals surface area (Å²) in [6.07, 6.45) is 5.39. The number of hydrogen-bond acceptors (Lipinski definition) is 5. The molecule has 0 bridgehead atoms. The Kier molecular flexibility index (Phi) is 4.94. The summed E-state index contributed by atoms with van der Waals surface area (Å²) in [5.74, 6) is 1.73. The van der Waals surface area contributed by atoms with Gasteiger partial charge in [-0.15, -0.1) is 0 Å². The Morgan fingerprint density at radius 2 is 1.96 bits per heavy atom. The monoisotopic (exact) mass is 328 g/mol. The number of rotatable bonds is 4. The molecule has 1 saturated heterocycles. The Balaban J connectivity index is 1.55. The van der Waals surface area contributed by atoms with E-state index in [1.807, 2.05) is 0 Å². The Labute approximate surface area is 140 Å². The molecule has 6 heteroatoms. The van der Waals surface area contributed by atoms with E-state index in [0.29, 0.717) is 29.0 Å². The van der Waals surface area contributed by atoms with E-state index < -0.39 is 0 Å². The van der Waals surface area contributed by atoms with Crippen LogP contribution in [-0.2, 0) is 0 Å². The predicted molar refractivity (Wildman–Crippen MR) is 88.6 cm³/mol. The third kappa shape index (κ3) is 3.72. The number of nitriles is 1. The van der Waals surface area contributed by atoms with Crippen molar-refractivity contribution in [1.82, 2.24) is 9.97 Å². The number of hydrogen-bond donors (Lipinski definition) is 0. The summed E-state index contributed by atoms with van der Waals surface area (Å²) in [7, 11) is 0. The van der Waals surface area contributed by atoms with Crippen LogP contribution in [0.4, 0.5) is 5.82 Å². The van der Waals surface area contributed by atoms with Crippen molar-refractivity contribution < 1.29 is 4.74 Å². The Morgan fingerprint density at radius 3 is 2.70 bits per heavy atom. The van der Waals surface area contributed by atoms with Crippen LogP contribution in [0.2, 0.25) is 5.02 Å². The largest absolute Gasteiger partial charge is 0.476 e. The normalized spacial score (nSPS) is 15.2. The third-order valence-electron chi connectivity index (χ3n) is 4.00. The first-order valence-corrected chi connectivity index (χ1v) is 7.99. The van der Waals surface area contributed by atoms with E-state index in [0.717, 1.165) is 31.7 Å². The standard InChI is InChI=1S/C17H17ClN4O/c18-15-4-2-8-21-17(15)23-12-13-5-9-22(10-6-13)16-14(11-19)3-1-7-20-16/h1-4,7-8,13H,5-6,9-10,12H2. The second kappa shape index (κ2) is 7.30.